The van der Waals surface area contributed by atoms with E-state index in [4.69, 9.17) is 0 Å². The van der Waals surface area contributed by atoms with Crippen LogP contribution in [-0.2, 0) is 4.79 Å². The number of non-ortho nitro benzene ring substituents is 1. The van der Waals surface area contributed by atoms with Crippen molar-refractivity contribution in [3.05, 3.63) is 56.3 Å². The number of hydrogen-bond donors (Lipinski definition) is 2. The molecule has 2 N–H and O–H groups in total. The van der Waals surface area contributed by atoms with E-state index < -0.39 is 10.8 Å². The van der Waals surface area contributed by atoms with Gasteiger partial charge in [-0.15, -0.1) is 11.3 Å². The molecule has 0 radical (unpaired) electrons. The molecule has 0 spiro atoms. The van der Waals surface area contributed by atoms with Gasteiger partial charge in [0.05, 0.1) is 16.3 Å². The van der Waals surface area contributed by atoms with Gasteiger partial charge < -0.3 is 10.6 Å². The molecule has 0 saturated carbocycles. The highest BCUT2D eigenvalue weighted by molar-refractivity contribution is 7.13. The lowest BCUT2D eigenvalue weighted by molar-refractivity contribution is -0.384. The highest BCUT2D eigenvalue weighted by Gasteiger charge is 2.11. The van der Waals surface area contributed by atoms with Crippen molar-refractivity contribution in [3.63, 3.8) is 0 Å². The number of carbonyl (C=O) groups is 2. The molecular formula is C14H13N3O4S. The second kappa shape index (κ2) is 6.81. The number of carbonyl (C=O) groups excluding carboxylic acids is 2. The van der Waals surface area contributed by atoms with E-state index in [9.17, 15) is 19.7 Å². The molecule has 1 heterocycles. The smallest absolute Gasteiger partial charge is 0.271 e. The molecule has 114 valence electrons. The second-order valence-electron chi connectivity index (χ2n) is 4.45. The van der Waals surface area contributed by atoms with Crippen LogP contribution in [0.1, 0.15) is 14.5 Å². The Bertz CT molecular complexity index is 726. The van der Waals surface area contributed by atoms with Gasteiger partial charge in [-0.2, -0.15) is 0 Å². The molecule has 0 saturated heterocycles. The van der Waals surface area contributed by atoms with Crippen molar-refractivity contribution in [1.29, 1.82) is 0 Å². The second-order valence-corrected chi connectivity index (χ2v) is 5.74. The van der Waals surface area contributed by atoms with Gasteiger partial charge in [-0.05, 0) is 25.1 Å². The first-order valence-electron chi connectivity index (χ1n) is 6.34. The Balaban J connectivity index is 1.89. The quantitative estimate of drug-likeness (QED) is 0.652. The Labute approximate surface area is 130 Å². The van der Waals surface area contributed by atoms with Crippen molar-refractivity contribution >= 4 is 34.5 Å². The number of anilines is 1. The molecule has 0 bridgehead atoms. The van der Waals surface area contributed by atoms with E-state index in [0.29, 0.717) is 10.6 Å². The Kier molecular flexibility index (Phi) is 4.84. The first-order valence-corrected chi connectivity index (χ1v) is 7.16. The van der Waals surface area contributed by atoms with Crippen LogP contribution in [0.4, 0.5) is 11.4 Å². The summed E-state index contributed by atoms with van der Waals surface area (Å²) >= 11 is 1.34. The van der Waals surface area contributed by atoms with Crippen LogP contribution in [0.2, 0.25) is 0 Å². The Morgan fingerprint density at radius 1 is 1.27 bits per heavy atom. The fourth-order valence-corrected chi connectivity index (χ4v) is 2.49. The van der Waals surface area contributed by atoms with Gasteiger partial charge in [0.15, 0.2) is 0 Å². The third-order valence-corrected chi connectivity index (χ3v) is 3.71. The molecule has 2 amide bonds. The summed E-state index contributed by atoms with van der Waals surface area (Å²) in [4.78, 5) is 35.2. The number of hydrogen-bond acceptors (Lipinski definition) is 5. The van der Waals surface area contributed by atoms with Gasteiger partial charge in [0, 0.05) is 22.7 Å². The fraction of sp³-hybridized carbons (Fsp3) is 0.143. The molecule has 0 aliphatic heterocycles. The van der Waals surface area contributed by atoms with Crippen LogP contribution < -0.4 is 10.6 Å². The average molecular weight is 319 g/mol. The molecule has 0 aliphatic carbocycles. The fourth-order valence-electron chi connectivity index (χ4n) is 1.71. The van der Waals surface area contributed by atoms with Crippen molar-refractivity contribution in [3.8, 4) is 0 Å². The summed E-state index contributed by atoms with van der Waals surface area (Å²) in [6, 6.07) is 9.10. The number of thiophene rings is 1. The zero-order chi connectivity index (χ0) is 16.1. The van der Waals surface area contributed by atoms with Crippen LogP contribution in [0, 0.1) is 17.0 Å². The normalized spacial score (nSPS) is 10.0. The van der Waals surface area contributed by atoms with Crippen molar-refractivity contribution in [2.24, 2.45) is 0 Å². The first kappa shape index (κ1) is 15.6. The van der Waals surface area contributed by atoms with E-state index in [1.54, 1.807) is 6.07 Å². The lowest BCUT2D eigenvalue weighted by Gasteiger charge is -2.06. The minimum absolute atomic E-state index is 0.115. The molecular weight excluding hydrogens is 306 g/mol. The zero-order valence-corrected chi connectivity index (χ0v) is 12.5. The van der Waals surface area contributed by atoms with Gasteiger partial charge in [-0.1, -0.05) is 6.07 Å². The van der Waals surface area contributed by atoms with Crippen LogP contribution in [0.15, 0.2) is 36.4 Å². The van der Waals surface area contributed by atoms with Crippen molar-refractivity contribution in [2.45, 2.75) is 6.92 Å². The highest BCUT2D eigenvalue weighted by Crippen LogP contribution is 2.17. The maximum Gasteiger partial charge on any atom is 0.271 e. The monoisotopic (exact) mass is 319 g/mol. The topological polar surface area (TPSA) is 101 Å². The van der Waals surface area contributed by atoms with Crippen LogP contribution in [0.3, 0.4) is 0 Å². The number of nitro benzene ring substituents is 1. The minimum atomic E-state index is -0.545. The SMILES string of the molecule is Cc1ccc(C(=O)NCC(=O)Nc2cccc([N+](=O)[O-])c2)s1. The largest absolute Gasteiger partial charge is 0.342 e. The number of amides is 2. The van der Waals surface area contributed by atoms with E-state index in [2.05, 4.69) is 10.6 Å². The van der Waals surface area contributed by atoms with Crippen molar-refractivity contribution < 1.29 is 14.5 Å². The lowest BCUT2D eigenvalue weighted by atomic mass is 10.3. The molecule has 0 fully saturated rings. The van der Waals surface area contributed by atoms with E-state index in [0.717, 1.165) is 4.88 Å². The third kappa shape index (κ3) is 4.13. The molecule has 0 aliphatic rings. The molecule has 8 heteroatoms. The summed E-state index contributed by atoms with van der Waals surface area (Å²) in [6.45, 7) is 1.68. The predicted octanol–water partition coefficient (Wildman–Crippen LogP) is 2.33. The molecule has 2 rings (SSSR count). The number of nitro groups is 1. The van der Waals surface area contributed by atoms with Gasteiger partial charge >= 0.3 is 0 Å². The number of nitrogens with zero attached hydrogens (tertiary/aromatic N) is 1. The Morgan fingerprint density at radius 2 is 2.05 bits per heavy atom. The van der Waals surface area contributed by atoms with E-state index in [1.807, 2.05) is 13.0 Å². The number of nitrogens with one attached hydrogen (secondary N) is 2. The van der Waals surface area contributed by atoms with Crippen LogP contribution in [-0.4, -0.2) is 23.3 Å². The summed E-state index contributed by atoms with van der Waals surface area (Å²) in [5, 5.41) is 15.6. The summed E-state index contributed by atoms with van der Waals surface area (Å²) in [7, 11) is 0. The molecule has 22 heavy (non-hydrogen) atoms. The summed E-state index contributed by atoms with van der Waals surface area (Å²) in [5.41, 5.74) is 0.191. The van der Waals surface area contributed by atoms with Crippen molar-refractivity contribution in [2.75, 3.05) is 11.9 Å². The van der Waals surface area contributed by atoms with Gasteiger partial charge in [0.2, 0.25) is 5.91 Å². The average Bonchev–Trinajstić information content (AvgIpc) is 2.91. The standard InChI is InChI=1S/C14H13N3O4S/c1-9-5-6-12(22-9)14(19)15-8-13(18)16-10-3-2-4-11(7-10)17(20)21/h2-7H,8H2,1H3,(H,15,19)(H,16,18). The third-order valence-electron chi connectivity index (χ3n) is 2.71. The van der Waals surface area contributed by atoms with E-state index >= 15 is 0 Å². The summed E-state index contributed by atoms with van der Waals surface area (Å²) in [6.07, 6.45) is 0. The molecule has 7 nitrogen and oxygen atoms in total. The van der Waals surface area contributed by atoms with Crippen LogP contribution >= 0.6 is 11.3 Å². The first-order chi connectivity index (χ1) is 10.5. The van der Waals surface area contributed by atoms with Crippen molar-refractivity contribution in [1.82, 2.24) is 5.32 Å². The predicted molar refractivity (Wildman–Crippen MR) is 83.1 cm³/mol. The van der Waals surface area contributed by atoms with E-state index in [-0.39, 0.29) is 18.1 Å². The van der Waals surface area contributed by atoms with Gasteiger partial charge in [0.1, 0.15) is 0 Å². The van der Waals surface area contributed by atoms with E-state index in [1.165, 1.54) is 35.6 Å². The summed E-state index contributed by atoms with van der Waals surface area (Å²) in [5.74, 6) is -0.783. The molecule has 1 aromatic carbocycles. The summed E-state index contributed by atoms with van der Waals surface area (Å²) < 4.78 is 0. The van der Waals surface area contributed by atoms with Gasteiger partial charge in [-0.3, -0.25) is 19.7 Å². The van der Waals surface area contributed by atoms with Gasteiger partial charge in [-0.25, -0.2) is 0 Å². The van der Waals surface area contributed by atoms with Gasteiger partial charge in [0.25, 0.3) is 11.6 Å². The molecule has 0 unspecified atom stereocenters. The van der Waals surface area contributed by atoms with Crippen LogP contribution in [0.25, 0.3) is 0 Å². The number of benzene rings is 1. The Hall–Kier alpha value is -2.74. The maximum absolute atomic E-state index is 11.8. The molecule has 0 atom stereocenters. The lowest BCUT2D eigenvalue weighted by Crippen LogP contribution is -2.32. The number of rotatable bonds is 5. The Morgan fingerprint density at radius 3 is 2.68 bits per heavy atom. The zero-order valence-electron chi connectivity index (χ0n) is 11.7. The highest BCUT2D eigenvalue weighted by atomic mass is 32.1. The molecule has 2 aromatic rings. The molecule has 1 aromatic heterocycles. The minimum Gasteiger partial charge on any atom is -0.342 e. The number of aryl methyl sites for hydroxylation is 1. The van der Waals surface area contributed by atoms with Crippen LogP contribution in [0.5, 0.6) is 0 Å². The maximum atomic E-state index is 11.8.